The van der Waals surface area contributed by atoms with E-state index in [1.54, 1.807) is 6.92 Å². The molecule has 17 nitrogen and oxygen atoms in total. The number of nitrogens with zero attached hydrogens (tertiary/aromatic N) is 4. The summed E-state index contributed by atoms with van der Waals surface area (Å²) in [4.78, 5) is 47.7. The van der Waals surface area contributed by atoms with E-state index in [-0.39, 0.29) is 5.82 Å². The quantitative estimate of drug-likeness (QED) is 0.250. The number of aliphatic hydroxyl groups is 1. The molecule has 7 N–H and O–H groups in total. The van der Waals surface area contributed by atoms with Crippen LogP contribution in [0, 0.1) is 5.92 Å². The van der Waals surface area contributed by atoms with Crippen LogP contribution in [0.2, 0.25) is 0 Å². The Labute approximate surface area is 173 Å². The van der Waals surface area contributed by atoms with Gasteiger partial charge in [-0.2, -0.15) is 8.62 Å². The number of hydrogen-bond acceptors (Lipinski definition) is 12. The zero-order valence-corrected chi connectivity index (χ0v) is 18.2. The van der Waals surface area contributed by atoms with E-state index in [4.69, 9.17) is 25.2 Å². The summed E-state index contributed by atoms with van der Waals surface area (Å²) in [6, 6.07) is 0. The molecule has 3 rings (SSSR count). The van der Waals surface area contributed by atoms with Crippen LogP contribution in [0.4, 0.5) is 5.82 Å². The molecule has 0 aromatic carbocycles. The van der Waals surface area contributed by atoms with E-state index in [9.17, 15) is 23.7 Å². The number of hydrogen-bond donors (Lipinski definition) is 6. The van der Waals surface area contributed by atoms with E-state index in [1.807, 2.05) is 0 Å². The zero-order valence-electron chi connectivity index (χ0n) is 15.5. The van der Waals surface area contributed by atoms with Crippen LogP contribution in [-0.4, -0.2) is 63.0 Å². The van der Waals surface area contributed by atoms with Crippen molar-refractivity contribution in [1.29, 1.82) is 0 Å². The lowest BCUT2D eigenvalue weighted by Crippen LogP contribution is -2.29. The predicted molar refractivity (Wildman–Crippen MR) is 98.6 cm³/mol. The maximum absolute atomic E-state index is 11.8. The third-order valence-corrected chi connectivity index (χ3v) is 7.97. The molecule has 31 heavy (non-hydrogen) atoms. The van der Waals surface area contributed by atoms with Gasteiger partial charge in [0, 0.05) is 5.92 Å². The number of phosphoric acid groups is 3. The number of phosphoric ester groups is 1. The number of aliphatic hydroxyl groups excluding tert-OH is 1. The van der Waals surface area contributed by atoms with Gasteiger partial charge in [-0.25, -0.2) is 28.6 Å². The van der Waals surface area contributed by atoms with E-state index in [2.05, 4.69) is 28.1 Å². The van der Waals surface area contributed by atoms with E-state index >= 15 is 0 Å². The fraction of sp³-hybridized carbons (Fsp3) is 0.545. The Morgan fingerprint density at radius 1 is 1.13 bits per heavy atom. The minimum atomic E-state index is -5.65. The van der Waals surface area contributed by atoms with Gasteiger partial charge >= 0.3 is 23.5 Å². The van der Waals surface area contributed by atoms with Gasteiger partial charge in [0.1, 0.15) is 24.2 Å². The van der Waals surface area contributed by atoms with Crippen LogP contribution in [-0.2, 0) is 31.6 Å². The highest BCUT2D eigenvalue weighted by molar-refractivity contribution is 7.66. The minimum Gasteiger partial charge on any atom is -0.390 e. The van der Waals surface area contributed by atoms with Crippen LogP contribution in [0.25, 0.3) is 11.2 Å². The third kappa shape index (κ3) is 5.73. The van der Waals surface area contributed by atoms with E-state index in [0.717, 1.165) is 0 Å². The molecule has 0 spiro atoms. The van der Waals surface area contributed by atoms with Crippen LogP contribution in [0.1, 0.15) is 13.2 Å². The molecule has 6 atom stereocenters. The van der Waals surface area contributed by atoms with Gasteiger partial charge < -0.3 is 35.2 Å². The van der Waals surface area contributed by atoms with Crippen LogP contribution in [0.3, 0.4) is 0 Å². The van der Waals surface area contributed by atoms with Gasteiger partial charge in [-0.3, -0.25) is 9.09 Å². The average molecular weight is 505 g/mol. The predicted octanol–water partition coefficient (Wildman–Crippen LogP) is -0.354. The van der Waals surface area contributed by atoms with Gasteiger partial charge in [-0.1, -0.05) is 6.92 Å². The average Bonchev–Trinajstić information content (AvgIpc) is 3.13. The van der Waals surface area contributed by atoms with E-state index < -0.39 is 54.4 Å². The fourth-order valence-electron chi connectivity index (χ4n) is 2.87. The monoisotopic (exact) mass is 505 g/mol. The third-order valence-electron chi connectivity index (χ3n) is 4.16. The van der Waals surface area contributed by atoms with Gasteiger partial charge in [0.05, 0.1) is 19.0 Å². The molecule has 174 valence electrons. The second-order valence-electron chi connectivity index (χ2n) is 6.38. The van der Waals surface area contributed by atoms with Gasteiger partial charge in [-0.15, -0.1) is 0 Å². The highest BCUT2D eigenvalue weighted by atomic mass is 31.3. The minimum absolute atomic E-state index is 0.124. The van der Waals surface area contributed by atoms with Crippen molar-refractivity contribution in [2.75, 3.05) is 12.3 Å². The van der Waals surface area contributed by atoms with Crippen molar-refractivity contribution >= 4 is 40.4 Å². The summed E-state index contributed by atoms with van der Waals surface area (Å²) in [7, 11) is -16.5. The summed E-state index contributed by atoms with van der Waals surface area (Å²) in [6.07, 6.45) is -0.716. The Kier molecular flexibility index (Phi) is 6.71. The molecule has 2 aromatic heterocycles. The molecule has 2 unspecified atom stereocenters. The summed E-state index contributed by atoms with van der Waals surface area (Å²) in [5, 5.41) is 10.4. The molecular weight excluding hydrogens is 487 g/mol. The number of fused-ring (bicyclic) bond motifs is 1. The molecule has 0 radical (unpaired) electrons. The first-order valence-corrected chi connectivity index (χ1v) is 12.8. The molecule has 0 bridgehead atoms. The maximum atomic E-state index is 11.8. The summed E-state index contributed by atoms with van der Waals surface area (Å²) >= 11 is 0. The molecule has 20 heteroatoms. The Hall–Kier alpha value is -1.32. The highest BCUT2D eigenvalue weighted by Crippen LogP contribution is 2.66. The smallest absolute Gasteiger partial charge is 0.390 e. The number of nitrogen functional groups attached to an aromatic ring is 1. The van der Waals surface area contributed by atoms with Gasteiger partial charge in [-0.05, 0) is 0 Å². The lowest BCUT2D eigenvalue weighted by molar-refractivity contribution is -0.0438. The van der Waals surface area contributed by atoms with Gasteiger partial charge in [0.15, 0.2) is 11.5 Å². The number of nitrogens with two attached hydrogens (primary N) is 1. The first-order chi connectivity index (χ1) is 14.2. The number of rotatable bonds is 8. The van der Waals surface area contributed by atoms with Crippen molar-refractivity contribution in [3.63, 3.8) is 0 Å². The molecule has 0 saturated carbocycles. The lowest BCUT2D eigenvalue weighted by Gasteiger charge is -2.19. The Morgan fingerprint density at radius 2 is 1.81 bits per heavy atom. The molecule has 1 saturated heterocycles. The standard InChI is InChI=1S/C11H18N5O12P3/c1-5-8(17)6(2-25-30(21,22)28-31(23,24)27-29(18,19)20)26-11(5)16-4-15-7-9(12)13-3-14-10(7)16/h3-6,8,11,17H,2H2,1H3,(H,21,22)(H,23,24)(H2,12,13,14)(H2,18,19,20)/t5-,6+,8-,11+/m0/s1. The molecule has 3 heterocycles. The molecule has 0 aliphatic carbocycles. The number of ether oxygens (including phenoxy) is 1. The van der Waals surface area contributed by atoms with Gasteiger partial charge in [0.25, 0.3) is 0 Å². The Bertz CT molecular complexity index is 1110. The van der Waals surface area contributed by atoms with Crippen molar-refractivity contribution in [2.24, 2.45) is 5.92 Å². The topological polar surface area (TPSA) is 259 Å². The Balaban J connectivity index is 1.69. The maximum Gasteiger partial charge on any atom is 0.490 e. The molecule has 2 aromatic rings. The van der Waals surface area contributed by atoms with Crippen molar-refractivity contribution in [3.05, 3.63) is 12.7 Å². The van der Waals surface area contributed by atoms with Crippen LogP contribution in [0.5, 0.6) is 0 Å². The number of imidazole rings is 1. The first kappa shape index (κ1) is 24.3. The fourth-order valence-corrected chi connectivity index (χ4v) is 5.90. The molecule has 1 aliphatic rings. The molecule has 1 aliphatic heterocycles. The molecule has 1 fully saturated rings. The lowest BCUT2D eigenvalue weighted by atomic mass is 10.0. The Morgan fingerprint density at radius 3 is 2.45 bits per heavy atom. The normalized spacial score (nSPS) is 28.5. The van der Waals surface area contributed by atoms with Crippen LogP contribution < -0.4 is 5.73 Å². The molecule has 0 amide bonds. The summed E-state index contributed by atoms with van der Waals surface area (Å²) in [5.41, 5.74) is 6.34. The van der Waals surface area contributed by atoms with Crippen molar-refractivity contribution in [3.8, 4) is 0 Å². The molecular formula is C11H18N5O12P3. The van der Waals surface area contributed by atoms with Gasteiger partial charge in [0.2, 0.25) is 0 Å². The van der Waals surface area contributed by atoms with Crippen LogP contribution in [0.15, 0.2) is 12.7 Å². The zero-order chi connectivity index (χ0) is 23.2. The van der Waals surface area contributed by atoms with Crippen molar-refractivity contribution in [2.45, 2.75) is 25.4 Å². The number of anilines is 1. The highest BCUT2D eigenvalue weighted by Gasteiger charge is 2.45. The summed E-state index contributed by atoms with van der Waals surface area (Å²) in [6.45, 7) is 0.812. The summed E-state index contributed by atoms with van der Waals surface area (Å²) in [5.74, 6) is -0.470. The van der Waals surface area contributed by atoms with Crippen molar-refractivity contribution in [1.82, 2.24) is 19.5 Å². The second-order valence-corrected chi connectivity index (χ2v) is 10.8. The van der Waals surface area contributed by atoms with E-state index in [0.29, 0.717) is 11.2 Å². The SMILES string of the molecule is C[C@H]1[C@H](O)[C@@H](COP(=O)(O)OP(=O)(O)OP(=O)(O)O)O[C@H]1n1cnc2c(N)ncnc21. The van der Waals surface area contributed by atoms with Crippen molar-refractivity contribution < 1.29 is 56.3 Å². The summed E-state index contributed by atoms with van der Waals surface area (Å²) < 4.78 is 52.7. The largest absolute Gasteiger partial charge is 0.490 e. The van der Waals surface area contributed by atoms with Crippen LogP contribution >= 0.6 is 23.5 Å². The first-order valence-electron chi connectivity index (χ1n) is 8.24. The number of aromatic nitrogens is 4. The van der Waals surface area contributed by atoms with E-state index in [1.165, 1.54) is 17.2 Å². The second kappa shape index (κ2) is 8.56.